The number of carbonyl (C=O) groups is 2. The van der Waals surface area contributed by atoms with Crippen molar-refractivity contribution in [3.63, 3.8) is 0 Å². The Bertz CT molecular complexity index is 1410. The first-order chi connectivity index (χ1) is 18.7. The summed E-state index contributed by atoms with van der Waals surface area (Å²) in [5.74, 6) is -0.446. The van der Waals surface area contributed by atoms with Gasteiger partial charge in [-0.3, -0.25) is 9.59 Å². The topological polar surface area (TPSA) is 85.7 Å². The summed E-state index contributed by atoms with van der Waals surface area (Å²) in [6.45, 7) is 6.42. The predicted octanol–water partition coefficient (Wildman–Crippen LogP) is 6.96. The van der Waals surface area contributed by atoms with Crippen LogP contribution in [0.3, 0.4) is 0 Å². The number of likely N-dealkylation sites (N-methyl/N-ethyl adjacent to an activating group) is 1. The van der Waals surface area contributed by atoms with Gasteiger partial charge in [0.25, 0.3) is 5.91 Å². The molecule has 1 aliphatic carbocycles. The molecule has 1 aliphatic rings. The number of hydrogen-bond acceptors (Lipinski definition) is 6. The zero-order valence-corrected chi connectivity index (χ0v) is 23.7. The minimum atomic E-state index is -4.78. The second kappa shape index (κ2) is 11.2. The number of fused-ring (bicyclic) bond motifs is 1. The maximum atomic E-state index is 13.1. The van der Waals surface area contributed by atoms with Gasteiger partial charge in [0.1, 0.15) is 12.3 Å². The molecule has 0 spiro atoms. The molecule has 1 amide bonds. The summed E-state index contributed by atoms with van der Waals surface area (Å²) >= 11 is 6.62. The van der Waals surface area contributed by atoms with Gasteiger partial charge in [-0.15, -0.1) is 13.2 Å². The third-order valence-electron chi connectivity index (χ3n) is 7.02. The lowest BCUT2D eigenvalue weighted by atomic mass is 9.70. The number of esters is 1. The molecule has 40 heavy (non-hydrogen) atoms. The van der Waals surface area contributed by atoms with Crippen molar-refractivity contribution in [2.24, 2.45) is 11.3 Å². The number of nitrogens with one attached hydrogen (secondary N) is 1. The highest BCUT2D eigenvalue weighted by molar-refractivity contribution is 6.34. The van der Waals surface area contributed by atoms with Crippen molar-refractivity contribution in [2.75, 3.05) is 26.0 Å². The fourth-order valence-electron chi connectivity index (χ4n) is 5.63. The SMILES string of the molecule is COC(=O)CN(C)C(=O)c1cc2nc(Nc3ccc(OC(F)(F)F)cc3)n([C@@H]3C[C@H](C)CC(C)(C)C3)c2cc1Cl. The maximum Gasteiger partial charge on any atom is 0.573 e. The van der Waals surface area contributed by atoms with Crippen LogP contribution in [0.4, 0.5) is 24.8 Å². The molecule has 0 aliphatic heterocycles. The molecule has 2 atom stereocenters. The van der Waals surface area contributed by atoms with Crippen LogP contribution in [0.25, 0.3) is 11.0 Å². The number of hydrogen-bond donors (Lipinski definition) is 1. The Balaban J connectivity index is 1.76. The monoisotopic (exact) mass is 580 g/mol. The van der Waals surface area contributed by atoms with Gasteiger partial charge < -0.3 is 24.3 Å². The van der Waals surface area contributed by atoms with Crippen LogP contribution in [0.5, 0.6) is 5.75 Å². The standard InChI is InChI=1S/C28H32ClF3N4O4/c1-16-10-18(14-27(2,3)13-16)36-23-12-21(29)20(25(38)35(4)15-24(37)39-5)11-22(23)34-26(36)33-17-6-8-19(9-7-17)40-28(30,31)32/h6-9,11-12,16,18H,10,13-15H2,1-5H3,(H,33,34)/t16-,18+/m0/s1. The lowest BCUT2D eigenvalue weighted by Crippen LogP contribution is -2.32. The van der Waals surface area contributed by atoms with Gasteiger partial charge in [0.05, 0.1) is 28.7 Å². The number of alkyl halides is 3. The average Bonchev–Trinajstić information content (AvgIpc) is 3.18. The Hall–Kier alpha value is -3.47. The Kier molecular flexibility index (Phi) is 8.26. The summed E-state index contributed by atoms with van der Waals surface area (Å²) in [5, 5.41) is 3.44. The van der Waals surface area contributed by atoms with Gasteiger partial charge in [-0.2, -0.15) is 0 Å². The molecule has 0 saturated heterocycles. The molecule has 2 aromatic carbocycles. The molecule has 1 saturated carbocycles. The van der Waals surface area contributed by atoms with Crippen molar-refractivity contribution in [1.82, 2.24) is 14.5 Å². The van der Waals surface area contributed by atoms with E-state index in [0.29, 0.717) is 28.6 Å². The third-order valence-corrected chi connectivity index (χ3v) is 7.33. The van der Waals surface area contributed by atoms with Gasteiger partial charge in [0.15, 0.2) is 0 Å². The Labute approximate surface area is 235 Å². The summed E-state index contributed by atoms with van der Waals surface area (Å²) < 4.78 is 48.5. The van der Waals surface area contributed by atoms with Crippen LogP contribution in [0.15, 0.2) is 36.4 Å². The highest BCUT2D eigenvalue weighted by Crippen LogP contribution is 2.46. The van der Waals surface area contributed by atoms with Crippen LogP contribution in [-0.2, 0) is 9.53 Å². The highest BCUT2D eigenvalue weighted by atomic mass is 35.5. The van der Waals surface area contributed by atoms with Gasteiger partial charge >= 0.3 is 12.3 Å². The number of nitrogens with zero attached hydrogens (tertiary/aromatic N) is 3. The zero-order valence-electron chi connectivity index (χ0n) is 22.9. The number of halogens is 4. The van der Waals surface area contributed by atoms with Crippen molar-refractivity contribution >= 4 is 46.1 Å². The van der Waals surface area contributed by atoms with E-state index in [1.54, 1.807) is 12.1 Å². The van der Waals surface area contributed by atoms with Crippen molar-refractivity contribution in [1.29, 1.82) is 0 Å². The summed E-state index contributed by atoms with van der Waals surface area (Å²) in [7, 11) is 2.72. The first kappa shape index (κ1) is 29.5. The van der Waals surface area contributed by atoms with Gasteiger partial charge in [-0.25, -0.2) is 4.98 Å². The second-order valence-corrected chi connectivity index (χ2v) is 11.5. The largest absolute Gasteiger partial charge is 0.573 e. The average molecular weight is 581 g/mol. The number of methoxy groups -OCH3 is 1. The van der Waals surface area contributed by atoms with Gasteiger partial charge in [0.2, 0.25) is 5.95 Å². The lowest BCUT2D eigenvalue weighted by molar-refractivity contribution is -0.274. The molecule has 8 nitrogen and oxygen atoms in total. The Morgan fingerprint density at radius 3 is 2.48 bits per heavy atom. The van der Waals surface area contributed by atoms with Crippen LogP contribution < -0.4 is 10.1 Å². The smallest absolute Gasteiger partial charge is 0.468 e. The summed E-state index contributed by atoms with van der Waals surface area (Å²) in [5.41, 5.74) is 1.99. The minimum absolute atomic E-state index is 0.0544. The van der Waals surface area contributed by atoms with Gasteiger partial charge in [0, 0.05) is 18.8 Å². The van der Waals surface area contributed by atoms with E-state index >= 15 is 0 Å². The highest BCUT2D eigenvalue weighted by Gasteiger charge is 2.35. The molecule has 0 unspecified atom stereocenters. The molecule has 4 rings (SSSR count). The number of anilines is 2. The maximum absolute atomic E-state index is 13.1. The Morgan fingerprint density at radius 2 is 1.88 bits per heavy atom. The summed E-state index contributed by atoms with van der Waals surface area (Å²) in [4.78, 5) is 30.8. The lowest BCUT2D eigenvalue weighted by Gasteiger charge is -2.40. The van der Waals surface area contributed by atoms with Crippen molar-refractivity contribution < 1.29 is 32.2 Å². The quantitative estimate of drug-likeness (QED) is 0.304. The van der Waals surface area contributed by atoms with Crippen molar-refractivity contribution in [3.8, 4) is 5.75 Å². The normalized spacial score (nSPS) is 18.8. The van der Waals surface area contributed by atoms with E-state index in [-0.39, 0.29) is 34.3 Å². The number of benzene rings is 2. The summed E-state index contributed by atoms with van der Waals surface area (Å²) in [6, 6.07) is 8.73. The van der Waals surface area contributed by atoms with E-state index in [0.717, 1.165) is 19.3 Å². The van der Waals surface area contributed by atoms with E-state index < -0.39 is 18.2 Å². The molecule has 0 bridgehead atoms. The number of ether oxygens (including phenoxy) is 2. The fraction of sp³-hybridized carbons (Fsp3) is 0.464. The first-order valence-electron chi connectivity index (χ1n) is 12.8. The number of amides is 1. The van der Waals surface area contributed by atoms with Crippen molar-refractivity contribution in [2.45, 2.75) is 52.4 Å². The van der Waals surface area contributed by atoms with E-state index in [9.17, 15) is 22.8 Å². The zero-order chi connectivity index (χ0) is 29.4. The fourth-order valence-corrected chi connectivity index (χ4v) is 5.87. The molecule has 12 heteroatoms. The van der Waals surface area contributed by atoms with Crippen LogP contribution >= 0.6 is 11.6 Å². The molecule has 1 N–H and O–H groups in total. The predicted molar refractivity (Wildman–Crippen MR) is 146 cm³/mol. The number of rotatable bonds is 7. The molecule has 3 aromatic rings. The molecule has 0 radical (unpaired) electrons. The molecular formula is C28H32ClF3N4O4. The minimum Gasteiger partial charge on any atom is -0.468 e. The molecule has 216 valence electrons. The molecule has 1 aromatic heterocycles. The second-order valence-electron chi connectivity index (χ2n) is 11.1. The molecule has 1 heterocycles. The van der Waals surface area contributed by atoms with Gasteiger partial charge in [-0.1, -0.05) is 32.4 Å². The summed E-state index contributed by atoms with van der Waals surface area (Å²) in [6.07, 6.45) is -1.95. The molecule has 1 fully saturated rings. The Morgan fingerprint density at radius 1 is 1.20 bits per heavy atom. The van der Waals surface area contributed by atoms with E-state index in [4.69, 9.17) is 16.6 Å². The van der Waals surface area contributed by atoms with E-state index in [1.807, 2.05) is 0 Å². The van der Waals surface area contributed by atoms with Crippen molar-refractivity contribution in [3.05, 3.63) is 47.0 Å². The van der Waals surface area contributed by atoms with Crippen LogP contribution in [0.2, 0.25) is 5.02 Å². The number of carbonyl (C=O) groups excluding carboxylic acids is 2. The number of aromatic nitrogens is 2. The van der Waals surface area contributed by atoms with E-state index in [1.165, 1.54) is 43.3 Å². The molecular weight excluding hydrogens is 549 g/mol. The number of imidazole rings is 1. The van der Waals surface area contributed by atoms with Crippen LogP contribution in [0, 0.1) is 11.3 Å². The van der Waals surface area contributed by atoms with Crippen LogP contribution in [-0.4, -0.2) is 53.4 Å². The van der Waals surface area contributed by atoms with Gasteiger partial charge in [-0.05, 0) is 67.0 Å². The first-order valence-corrected chi connectivity index (χ1v) is 13.2. The van der Waals surface area contributed by atoms with E-state index in [2.05, 4.69) is 40.1 Å². The van der Waals surface area contributed by atoms with Crippen LogP contribution in [0.1, 0.15) is 56.4 Å². The third kappa shape index (κ3) is 6.80.